The van der Waals surface area contributed by atoms with E-state index in [0.717, 1.165) is 16.3 Å². The normalized spacial score (nSPS) is 10.5. The zero-order valence-corrected chi connectivity index (χ0v) is 13.1. The van der Waals surface area contributed by atoms with E-state index in [9.17, 15) is 10.0 Å². The molecule has 0 bridgehead atoms. The lowest BCUT2D eigenvalue weighted by atomic mass is 9.79. The van der Waals surface area contributed by atoms with Gasteiger partial charge < -0.3 is 14.8 Å². The standard InChI is InChI=1S/C15H18BNO3S/c1-10-6-11(2)17-15(7-10)21-9-12-4-5-14(20-3)13(8-12)16(18)19/h4-8,18-19H,9H2,1-3H3. The van der Waals surface area contributed by atoms with Crippen molar-refractivity contribution in [3.63, 3.8) is 0 Å². The van der Waals surface area contributed by atoms with Gasteiger partial charge in [-0.1, -0.05) is 12.1 Å². The van der Waals surface area contributed by atoms with Crippen LogP contribution in [0.4, 0.5) is 0 Å². The van der Waals surface area contributed by atoms with Crippen molar-refractivity contribution >= 4 is 24.3 Å². The summed E-state index contributed by atoms with van der Waals surface area (Å²) in [7, 11) is -0.0287. The average Bonchev–Trinajstić information content (AvgIpc) is 2.43. The maximum atomic E-state index is 9.37. The van der Waals surface area contributed by atoms with Crippen LogP contribution < -0.4 is 10.2 Å². The first-order chi connectivity index (χ1) is 9.99. The predicted octanol–water partition coefficient (Wildman–Crippen LogP) is 1.68. The fourth-order valence-electron chi connectivity index (χ4n) is 2.11. The number of rotatable bonds is 5. The average molecular weight is 303 g/mol. The molecule has 21 heavy (non-hydrogen) atoms. The molecule has 6 heteroatoms. The van der Waals surface area contributed by atoms with E-state index in [0.29, 0.717) is 17.0 Å². The molecule has 0 radical (unpaired) electrons. The number of aromatic nitrogens is 1. The molecule has 2 rings (SSSR count). The van der Waals surface area contributed by atoms with E-state index in [2.05, 4.69) is 4.98 Å². The Kier molecular flexibility index (Phi) is 5.28. The number of methoxy groups -OCH3 is 1. The molecule has 0 saturated carbocycles. The van der Waals surface area contributed by atoms with Crippen LogP contribution in [0.15, 0.2) is 35.4 Å². The van der Waals surface area contributed by atoms with Crippen molar-refractivity contribution in [2.75, 3.05) is 7.11 Å². The first-order valence-corrected chi connectivity index (χ1v) is 7.59. The van der Waals surface area contributed by atoms with Gasteiger partial charge in [-0.15, -0.1) is 11.8 Å². The molecule has 1 aromatic heterocycles. The third-order valence-corrected chi connectivity index (χ3v) is 4.02. The lowest BCUT2D eigenvalue weighted by Crippen LogP contribution is -2.31. The van der Waals surface area contributed by atoms with Gasteiger partial charge in [0.1, 0.15) is 5.75 Å². The Labute approximate surface area is 129 Å². The lowest BCUT2D eigenvalue weighted by Gasteiger charge is -2.10. The molecule has 0 atom stereocenters. The summed E-state index contributed by atoms with van der Waals surface area (Å²) in [5, 5.41) is 19.7. The summed E-state index contributed by atoms with van der Waals surface area (Å²) in [6.45, 7) is 4.02. The van der Waals surface area contributed by atoms with E-state index in [1.54, 1.807) is 23.9 Å². The largest absolute Gasteiger partial charge is 0.497 e. The summed E-state index contributed by atoms with van der Waals surface area (Å²) in [6, 6.07) is 9.50. The Balaban J connectivity index is 2.14. The number of ether oxygens (including phenoxy) is 1. The van der Waals surface area contributed by atoms with E-state index < -0.39 is 7.12 Å². The fourth-order valence-corrected chi connectivity index (χ4v) is 3.08. The van der Waals surface area contributed by atoms with Gasteiger partial charge in [0.2, 0.25) is 0 Å². The summed E-state index contributed by atoms with van der Waals surface area (Å²) >= 11 is 1.62. The first kappa shape index (κ1) is 15.9. The molecule has 4 nitrogen and oxygen atoms in total. The Hall–Kier alpha value is -1.50. The van der Waals surface area contributed by atoms with Crippen LogP contribution in [0.25, 0.3) is 0 Å². The number of aryl methyl sites for hydroxylation is 2. The van der Waals surface area contributed by atoms with E-state index in [1.807, 2.05) is 32.0 Å². The molecule has 0 unspecified atom stereocenters. The van der Waals surface area contributed by atoms with E-state index in [-0.39, 0.29) is 0 Å². The van der Waals surface area contributed by atoms with Crippen molar-refractivity contribution in [2.45, 2.75) is 24.6 Å². The summed E-state index contributed by atoms with van der Waals surface area (Å²) in [5.74, 6) is 1.18. The summed E-state index contributed by atoms with van der Waals surface area (Å²) < 4.78 is 5.12. The molecule has 2 N–H and O–H groups in total. The number of thioether (sulfide) groups is 1. The Bertz CT molecular complexity index is 614. The molecule has 1 heterocycles. The lowest BCUT2D eigenvalue weighted by molar-refractivity contribution is 0.403. The Morgan fingerprint density at radius 2 is 1.95 bits per heavy atom. The van der Waals surface area contributed by atoms with Gasteiger partial charge in [-0.3, -0.25) is 0 Å². The van der Waals surface area contributed by atoms with Crippen LogP contribution in [0.5, 0.6) is 5.75 Å². The summed E-state index contributed by atoms with van der Waals surface area (Å²) in [6.07, 6.45) is 0. The number of benzene rings is 1. The zero-order chi connectivity index (χ0) is 15.4. The van der Waals surface area contributed by atoms with Crippen molar-refractivity contribution in [3.8, 4) is 5.75 Å². The third-order valence-electron chi connectivity index (χ3n) is 3.03. The maximum Gasteiger partial charge on any atom is 0.492 e. The quantitative estimate of drug-likeness (QED) is 0.650. The van der Waals surface area contributed by atoms with Crippen molar-refractivity contribution in [2.24, 2.45) is 0 Å². The van der Waals surface area contributed by atoms with Gasteiger partial charge in [-0.25, -0.2) is 4.98 Å². The second-order valence-corrected chi connectivity index (χ2v) is 5.86. The molecule has 0 aliphatic carbocycles. The van der Waals surface area contributed by atoms with Crippen LogP contribution in [-0.4, -0.2) is 29.3 Å². The maximum absolute atomic E-state index is 9.37. The molecular weight excluding hydrogens is 285 g/mol. The van der Waals surface area contributed by atoms with E-state index in [4.69, 9.17) is 4.74 Å². The minimum absolute atomic E-state index is 0.379. The van der Waals surface area contributed by atoms with Crippen LogP contribution in [0.3, 0.4) is 0 Å². The van der Waals surface area contributed by atoms with E-state index in [1.165, 1.54) is 12.7 Å². The minimum Gasteiger partial charge on any atom is -0.497 e. The van der Waals surface area contributed by atoms with Gasteiger partial charge in [-0.2, -0.15) is 0 Å². The van der Waals surface area contributed by atoms with Gasteiger partial charge in [0.25, 0.3) is 0 Å². The highest BCUT2D eigenvalue weighted by atomic mass is 32.2. The highest BCUT2D eigenvalue weighted by Crippen LogP contribution is 2.23. The van der Waals surface area contributed by atoms with Gasteiger partial charge in [0.05, 0.1) is 12.1 Å². The summed E-state index contributed by atoms with van der Waals surface area (Å²) in [4.78, 5) is 4.48. The Morgan fingerprint density at radius 3 is 2.57 bits per heavy atom. The molecule has 1 aromatic carbocycles. The molecule has 110 valence electrons. The van der Waals surface area contributed by atoms with Crippen molar-refractivity contribution in [1.29, 1.82) is 0 Å². The monoisotopic (exact) mass is 303 g/mol. The number of nitrogens with zero attached hydrogens (tertiary/aromatic N) is 1. The molecule has 2 aromatic rings. The highest BCUT2D eigenvalue weighted by Gasteiger charge is 2.17. The molecule has 0 fully saturated rings. The second-order valence-electron chi connectivity index (χ2n) is 4.86. The topological polar surface area (TPSA) is 62.6 Å². The Morgan fingerprint density at radius 1 is 1.19 bits per heavy atom. The third kappa shape index (κ3) is 4.23. The second kappa shape index (κ2) is 6.98. The van der Waals surface area contributed by atoms with E-state index >= 15 is 0 Å². The van der Waals surface area contributed by atoms with Crippen molar-refractivity contribution in [1.82, 2.24) is 4.98 Å². The smallest absolute Gasteiger partial charge is 0.492 e. The molecule has 0 amide bonds. The van der Waals surface area contributed by atoms with Gasteiger partial charge in [-0.05, 0) is 43.2 Å². The molecular formula is C15H18BNO3S. The number of hydrogen-bond acceptors (Lipinski definition) is 5. The fraction of sp³-hybridized carbons (Fsp3) is 0.267. The molecule has 0 aliphatic rings. The number of hydrogen-bond donors (Lipinski definition) is 2. The van der Waals surface area contributed by atoms with Crippen LogP contribution >= 0.6 is 11.8 Å². The minimum atomic E-state index is -1.54. The molecule has 0 spiro atoms. The van der Waals surface area contributed by atoms with Crippen LogP contribution in [-0.2, 0) is 5.75 Å². The predicted molar refractivity (Wildman–Crippen MR) is 86.1 cm³/mol. The van der Waals surface area contributed by atoms with Crippen molar-refractivity contribution < 1.29 is 14.8 Å². The van der Waals surface area contributed by atoms with Gasteiger partial charge in [0.15, 0.2) is 0 Å². The zero-order valence-electron chi connectivity index (χ0n) is 12.3. The van der Waals surface area contributed by atoms with Gasteiger partial charge in [0, 0.05) is 16.9 Å². The van der Waals surface area contributed by atoms with Crippen LogP contribution in [0, 0.1) is 13.8 Å². The highest BCUT2D eigenvalue weighted by molar-refractivity contribution is 7.98. The van der Waals surface area contributed by atoms with Crippen molar-refractivity contribution in [3.05, 3.63) is 47.2 Å². The van der Waals surface area contributed by atoms with Crippen LogP contribution in [0.1, 0.15) is 16.8 Å². The number of pyridine rings is 1. The molecule has 0 aliphatic heterocycles. The SMILES string of the molecule is COc1ccc(CSc2cc(C)cc(C)n2)cc1B(O)O. The van der Waals surface area contributed by atoms with Gasteiger partial charge >= 0.3 is 7.12 Å². The first-order valence-electron chi connectivity index (χ1n) is 6.60. The molecule has 0 saturated heterocycles. The summed E-state index contributed by atoms with van der Waals surface area (Å²) in [5.41, 5.74) is 3.55. The van der Waals surface area contributed by atoms with Crippen LogP contribution in [0.2, 0.25) is 0 Å².